The predicted molar refractivity (Wildman–Crippen MR) is 152 cm³/mol. The van der Waals surface area contributed by atoms with Crippen LogP contribution >= 0.6 is 0 Å². The smallest absolute Gasteiger partial charge is 0.389 e. The van der Waals surface area contributed by atoms with Crippen molar-refractivity contribution in [3.05, 3.63) is 65.3 Å². The number of carbonyl (C=O) groups excluding carboxylic acids is 1. The lowest BCUT2D eigenvalue weighted by atomic mass is 9.97. The van der Waals surface area contributed by atoms with Crippen LogP contribution in [0.25, 0.3) is 16.6 Å². The Kier molecular flexibility index (Phi) is 8.64. The van der Waals surface area contributed by atoms with Crippen LogP contribution in [-0.4, -0.2) is 62.1 Å². The van der Waals surface area contributed by atoms with Gasteiger partial charge in [-0.3, -0.25) is 4.90 Å². The molecule has 15 heteroatoms. The van der Waals surface area contributed by atoms with Gasteiger partial charge in [-0.2, -0.15) is 18.3 Å². The molecule has 4 unspecified atom stereocenters. The quantitative estimate of drug-likeness (QED) is 0.278. The Morgan fingerprint density at radius 1 is 1.20 bits per heavy atom. The summed E-state index contributed by atoms with van der Waals surface area (Å²) in [4.78, 5) is 18.8. The molecule has 5 rings (SSSR count). The van der Waals surface area contributed by atoms with Crippen LogP contribution in [0, 0.1) is 11.7 Å². The average molecular weight is 622 g/mol. The molecule has 10 nitrogen and oxygen atoms in total. The lowest BCUT2D eigenvalue weighted by molar-refractivity contribution is -0.160. The molecule has 1 aliphatic heterocycles. The number of carbonyl (C=O) groups is 1. The third-order valence-corrected chi connectivity index (χ3v) is 7.53. The number of nitrogens with zero attached hydrogens (tertiary/aromatic N) is 4. The van der Waals surface area contributed by atoms with Crippen molar-refractivity contribution < 1.29 is 36.6 Å². The van der Waals surface area contributed by atoms with Crippen molar-refractivity contribution in [2.24, 2.45) is 5.92 Å². The van der Waals surface area contributed by atoms with Gasteiger partial charge < -0.3 is 26.2 Å². The summed E-state index contributed by atoms with van der Waals surface area (Å²) >= 11 is 0. The Morgan fingerprint density at radius 3 is 2.55 bits per heavy atom. The summed E-state index contributed by atoms with van der Waals surface area (Å²) in [5.74, 6) is -3.80. The number of nitrogens with two attached hydrogens (primary N) is 1. The second kappa shape index (κ2) is 12.1. The summed E-state index contributed by atoms with van der Waals surface area (Å²) in [7, 11) is 0. The van der Waals surface area contributed by atoms with E-state index in [0.29, 0.717) is 53.6 Å². The third kappa shape index (κ3) is 6.39. The van der Waals surface area contributed by atoms with E-state index in [1.165, 1.54) is 18.5 Å². The highest BCUT2D eigenvalue weighted by Gasteiger charge is 2.39. The maximum atomic E-state index is 15.4. The van der Waals surface area contributed by atoms with E-state index in [0.717, 1.165) is 12.1 Å². The van der Waals surface area contributed by atoms with Gasteiger partial charge in [0.1, 0.15) is 23.5 Å². The highest BCUT2D eigenvalue weighted by atomic mass is 19.4. The molecule has 3 aromatic rings. The molecule has 3 heterocycles. The topological polar surface area (TPSA) is 130 Å². The minimum atomic E-state index is -4.62. The minimum absolute atomic E-state index is 0.0153. The SMILES string of the molecule is CC1CN(Cc2c(C(C)O)c(-c3ccc(NC(=O)NC4=CC(C(F)(F)F)CC=C4F)c(F)c3)c3c(N)ncnn23)CC(C)O1. The second-order valence-electron chi connectivity index (χ2n) is 11.1. The molecule has 5 N–H and O–H groups in total. The maximum Gasteiger partial charge on any atom is 0.395 e. The van der Waals surface area contributed by atoms with E-state index in [2.05, 4.69) is 20.3 Å². The van der Waals surface area contributed by atoms with Crippen LogP contribution in [0.5, 0.6) is 0 Å². The monoisotopic (exact) mass is 621 g/mol. The number of aromatic nitrogens is 3. The maximum absolute atomic E-state index is 15.4. The number of amides is 2. The van der Waals surface area contributed by atoms with Crippen molar-refractivity contribution in [3.63, 3.8) is 0 Å². The van der Waals surface area contributed by atoms with E-state index >= 15 is 4.39 Å². The first-order chi connectivity index (χ1) is 20.7. The van der Waals surface area contributed by atoms with Gasteiger partial charge in [-0.25, -0.2) is 23.1 Å². The predicted octanol–water partition coefficient (Wildman–Crippen LogP) is 5.22. The number of halogens is 5. The van der Waals surface area contributed by atoms with Crippen LogP contribution in [0.2, 0.25) is 0 Å². The molecule has 1 saturated heterocycles. The van der Waals surface area contributed by atoms with Crippen molar-refractivity contribution in [3.8, 4) is 11.1 Å². The number of ether oxygens (including phenoxy) is 1. The fraction of sp³-hybridized carbons (Fsp3) is 0.414. The van der Waals surface area contributed by atoms with Crippen molar-refractivity contribution in [1.82, 2.24) is 24.8 Å². The zero-order chi connectivity index (χ0) is 31.9. The summed E-state index contributed by atoms with van der Waals surface area (Å²) in [6, 6.07) is 2.70. The van der Waals surface area contributed by atoms with E-state index in [4.69, 9.17) is 10.5 Å². The molecule has 1 aromatic carbocycles. The molecular formula is C29H32F5N7O3. The van der Waals surface area contributed by atoms with Crippen LogP contribution in [0.3, 0.4) is 0 Å². The van der Waals surface area contributed by atoms with Crippen molar-refractivity contribution >= 4 is 23.1 Å². The molecule has 1 aliphatic carbocycles. The van der Waals surface area contributed by atoms with Gasteiger partial charge in [-0.15, -0.1) is 0 Å². The number of urea groups is 1. The fourth-order valence-corrected chi connectivity index (χ4v) is 5.78. The zero-order valence-electron chi connectivity index (χ0n) is 24.1. The van der Waals surface area contributed by atoms with Gasteiger partial charge in [0.05, 0.1) is 41.3 Å². The number of rotatable bonds is 6. The zero-order valence-corrected chi connectivity index (χ0v) is 24.1. The first-order valence-electron chi connectivity index (χ1n) is 13.9. The number of benzene rings is 1. The fourth-order valence-electron chi connectivity index (χ4n) is 5.78. The van der Waals surface area contributed by atoms with E-state index in [1.54, 1.807) is 11.4 Å². The first kappa shape index (κ1) is 31.3. The molecule has 236 valence electrons. The molecule has 4 atom stereocenters. The van der Waals surface area contributed by atoms with Gasteiger partial charge >= 0.3 is 12.2 Å². The number of hydrogen-bond donors (Lipinski definition) is 4. The van der Waals surface area contributed by atoms with Crippen LogP contribution in [0.4, 0.5) is 38.3 Å². The Labute approximate surface area is 249 Å². The van der Waals surface area contributed by atoms with Gasteiger partial charge in [0.15, 0.2) is 5.82 Å². The van der Waals surface area contributed by atoms with Gasteiger partial charge in [-0.05, 0) is 57.0 Å². The van der Waals surface area contributed by atoms with Crippen LogP contribution in [0.15, 0.2) is 48.2 Å². The number of allylic oxidation sites excluding steroid dienone is 3. The van der Waals surface area contributed by atoms with Crippen LogP contribution < -0.4 is 16.4 Å². The number of fused-ring (bicyclic) bond motifs is 1. The number of morpholine rings is 1. The molecule has 0 bridgehead atoms. The lowest BCUT2D eigenvalue weighted by Gasteiger charge is -2.35. The number of anilines is 2. The van der Waals surface area contributed by atoms with Gasteiger partial charge in [0.2, 0.25) is 0 Å². The third-order valence-electron chi connectivity index (χ3n) is 7.53. The van der Waals surface area contributed by atoms with Crippen LogP contribution in [-0.2, 0) is 11.3 Å². The molecule has 0 radical (unpaired) electrons. The Morgan fingerprint density at radius 2 is 1.91 bits per heavy atom. The Hall–Kier alpha value is -4.08. The molecule has 1 fully saturated rings. The highest BCUT2D eigenvalue weighted by Crippen LogP contribution is 2.40. The highest BCUT2D eigenvalue weighted by molar-refractivity contribution is 5.94. The molecular weight excluding hydrogens is 589 g/mol. The molecule has 2 aliphatic rings. The number of nitrogen functional groups attached to an aromatic ring is 1. The molecule has 2 amide bonds. The van der Waals surface area contributed by atoms with Gasteiger partial charge in [0.25, 0.3) is 0 Å². The minimum Gasteiger partial charge on any atom is -0.389 e. The van der Waals surface area contributed by atoms with Crippen molar-refractivity contribution in [1.29, 1.82) is 0 Å². The summed E-state index contributed by atoms with van der Waals surface area (Å²) in [5, 5.41) is 19.5. The number of hydrogen-bond acceptors (Lipinski definition) is 7. The van der Waals surface area contributed by atoms with E-state index in [1.807, 2.05) is 19.2 Å². The Balaban J connectivity index is 1.46. The largest absolute Gasteiger partial charge is 0.395 e. The summed E-state index contributed by atoms with van der Waals surface area (Å²) in [6.07, 6.45) is -3.67. The standard InChI is InChI=1S/C29H32F5N7O3/c1-14-10-40(11-15(2)44-14)12-23-24(16(3)42)25(26-27(35)36-13-37-41(23)26)17-4-7-21(20(31)8-17)38-28(43)39-22-9-18(29(32,33)34)5-6-19(22)30/h4,6-9,13-16,18,42H,5,10-12H2,1-3H3,(H2,35,36,37)(H2,38,39,43). The molecule has 0 spiro atoms. The van der Waals surface area contributed by atoms with Gasteiger partial charge in [-0.1, -0.05) is 6.07 Å². The van der Waals surface area contributed by atoms with Crippen LogP contribution in [0.1, 0.15) is 44.6 Å². The average Bonchev–Trinajstić information content (AvgIpc) is 3.25. The van der Waals surface area contributed by atoms with Crippen molar-refractivity contribution in [2.75, 3.05) is 24.1 Å². The molecule has 2 aromatic heterocycles. The van der Waals surface area contributed by atoms with Gasteiger partial charge in [0, 0.05) is 30.8 Å². The van der Waals surface area contributed by atoms with E-state index < -0.39 is 48.0 Å². The molecule has 0 saturated carbocycles. The second-order valence-corrected chi connectivity index (χ2v) is 11.1. The number of aliphatic hydroxyl groups is 1. The van der Waals surface area contributed by atoms with Crippen molar-refractivity contribution in [2.45, 2.75) is 58.2 Å². The number of alkyl halides is 3. The normalized spacial score (nSPS) is 22.0. The Bertz CT molecular complexity index is 1630. The summed E-state index contributed by atoms with van der Waals surface area (Å²) < 4.78 is 76.3. The van der Waals surface area contributed by atoms with E-state index in [9.17, 15) is 27.5 Å². The summed E-state index contributed by atoms with van der Waals surface area (Å²) in [5.41, 5.74) is 7.44. The molecule has 44 heavy (non-hydrogen) atoms. The number of aliphatic hydroxyl groups excluding tert-OH is 1. The first-order valence-corrected chi connectivity index (χ1v) is 13.9. The number of nitrogens with one attached hydrogen (secondary N) is 2. The van der Waals surface area contributed by atoms with E-state index in [-0.39, 0.29) is 23.7 Å². The lowest BCUT2D eigenvalue weighted by Crippen LogP contribution is -2.45. The summed E-state index contributed by atoms with van der Waals surface area (Å²) in [6.45, 7) is 7.17.